The van der Waals surface area contributed by atoms with Gasteiger partial charge in [-0.2, -0.15) is 0 Å². The third kappa shape index (κ3) is 4.40. The van der Waals surface area contributed by atoms with Crippen molar-refractivity contribution >= 4 is 29.0 Å². The van der Waals surface area contributed by atoms with Crippen molar-refractivity contribution in [3.05, 3.63) is 72.2 Å². The van der Waals surface area contributed by atoms with Gasteiger partial charge in [-0.15, -0.1) is 0 Å². The second kappa shape index (κ2) is 9.09. The molecule has 0 unspecified atom stereocenters. The van der Waals surface area contributed by atoms with Crippen molar-refractivity contribution in [3.63, 3.8) is 0 Å². The summed E-state index contributed by atoms with van der Waals surface area (Å²) in [5, 5.41) is 12.9. The Morgan fingerprint density at radius 2 is 1.83 bits per heavy atom. The number of primary amides is 1. The Morgan fingerprint density at radius 3 is 2.51 bits per heavy atom. The summed E-state index contributed by atoms with van der Waals surface area (Å²) in [7, 11) is 0. The van der Waals surface area contributed by atoms with Gasteiger partial charge in [0.1, 0.15) is 5.75 Å². The number of benzene rings is 2. The maximum absolute atomic E-state index is 13.0. The number of fused-ring (bicyclic) bond motifs is 1. The molecule has 1 fully saturated rings. The molecule has 2 amide bonds. The fourth-order valence-electron chi connectivity index (χ4n) is 4.51. The van der Waals surface area contributed by atoms with Crippen LogP contribution in [0.3, 0.4) is 0 Å². The Balaban J connectivity index is 1.35. The molecular weight excluding hydrogens is 444 g/mol. The average Bonchev–Trinajstić information content (AvgIpc) is 3.29. The number of hydrogen-bond donors (Lipinski definition) is 3. The van der Waals surface area contributed by atoms with Crippen LogP contribution in [0.5, 0.6) is 5.75 Å². The van der Waals surface area contributed by atoms with Crippen LogP contribution in [0.2, 0.25) is 0 Å². The Hall–Kier alpha value is -4.40. The molecule has 178 valence electrons. The van der Waals surface area contributed by atoms with Gasteiger partial charge >= 0.3 is 0 Å². The van der Waals surface area contributed by atoms with Crippen LogP contribution in [0.25, 0.3) is 16.9 Å². The standard InChI is InChI=1S/C26H26N6O3/c1-16-14-19(4-7-21(16)26(35)31-11-8-18(9-12-31)23(27)34)30-24-25-29-15-22(32(25)13-10-28-24)17-2-5-20(33)6-3-17/h2-7,10,13-15,18,33H,8-9,11-12H2,1H3,(H2,27,34)(H,28,30). The van der Waals surface area contributed by atoms with Crippen LogP contribution in [0.15, 0.2) is 61.1 Å². The minimum absolute atomic E-state index is 0.0380. The molecule has 0 atom stereocenters. The third-order valence-electron chi connectivity index (χ3n) is 6.50. The van der Waals surface area contributed by atoms with Gasteiger partial charge in [0.25, 0.3) is 5.91 Å². The SMILES string of the molecule is Cc1cc(Nc2nccn3c(-c4ccc(O)cc4)cnc23)ccc1C(=O)N1CCC(C(N)=O)CC1. The highest BCUT2D eigenvalue weighted by molar-refractivity contribution is 5.96. The second-order valence-electron chi connectivity index (χ2n) is 8.78. The highest BCUT2D eigenvalue weighted by Crippen LogP contribution is 2.27. The van der Waals surface area contributed by atoms with Crippen LogP contribution in [0.1, 0.15) is 28.8 Å². The van der Waals surface area contributed by atoms with E-state index in [1.54, 1.807) is 29.4 Å². The average molecular weight is 471 g/mol. The van der Waals surface area contributed by atoms with E-state index in [4.69, 9.17) is 5.73 Å². The number of aryl methyl sites for hydroxylation is 1. The lowest BCUT2D eigenvalue weighted by Crippen LogP contribution is -2.41. The number of hydrogen-bond acceptors (Lipinski definition) is 6. The lowest BCUT2D eigenvalue weighted by atomic mass is 9.95. The number of aromatic nitrogens is 3. The first-order chi connectivity index (χ1) is 16.9. The third-order valence-corrected chi connectivity index (χ3v) is 6.50. The number of amides is 2. The Labute approximate surface area is 202 Å². The maximum atomic E-state index is 13.0. The van der Waals surface area contributed by atoms with Gasteiger partial charge in [-0.05, 0) is 67.8 Å². The van der Waals surface area contributed by atoms with Crippen molar-refractivity contribution in [2.24, 2.45) is 11.7 Å². The highest BCUT2D eigenvalue weighted by Gasteiger charge is 2.27. The van der Waals surface area contributed by atoms with E-state index in [0.717, 1.165) is 22.5 Å². The van der Waals surface area contributed by atoms with Gasteiger partial charge in [0.2, 0.25) is 5.91 Å². The maximum Gasteiger partial charge on any atom is 0.254 e. The number of nitrogens with one attached hydrogen (secondary N) is 1. The number of carbonyl (C=O) groups excluding carboxylic acids is 2. The van der Waals surface area contributed by atoms with Crippen LogP contribution in [0, 0.1) is 12.8 Å². The molecule has 5 rings (SSSR count). The van der Waals surface area contributed by atoms with E-state index in [1.165, 1.54) is 0 Å². The van der Waals surface area contributed by atoms with Gasteiger partial charge in [-0.3, -0.25) is 14.0 Å². The van der Waals surface area contributed by atoms with Crippen LogP contribution >= 0.6 is 0 Å². The van der Waals surface area contributed by atoms with Gasteiger partial charge < -0.3 is 21.1 Å². The highest BCUT2D eigenvalue weighted by atomic mass is 16.3. The molecular formula is C26H26N6O3. The fourth-order valence-corrected chi connectivity index (χ4v) is 4.51. The molecule has 2 aromatic carbocycles. The number of phenols is 1. The minimum atomic E-state index is -0.292. The lowest BCUT2D eigenvalue weighted by molar-refractivity contribution is -0.123. The molecule has 1 aliphatic heterocycles. The zero-order chi connectivity index (χ0) is 24.5. The van der Waals surface area contributed by atoms with Gasteiger partial charge in [0, 0.05) is 48.2 Å². The number of nitrogens with two attached hydrogens (primary N) is 1. The summed E-state index contributed by atoms with van der Waals surface area (Å²) < 4.78 is 1.93. The molecule has 35 heavy (non-hydrogen) atoms. The zero-order valence-corrected chi connectivity index (χ0v) is 19.3. The minimum Gasteiger partial charge on any atom is -0.508 e. The molecule has 4 N–H and O–H groups in total. The van der Waals surface area contributed by atoms with E-state index in [1.807, 2.05) is 47.9 Å². The first-order valence-electron chi connectivity index (χ1n) is 11.5. The van der Waals surface area contributed by atoms with Crippen LogP contribution in [0.4, 0.5) is 11.5 Å². The Morgan fingerprint density at radius 1 is 1.09 bits per heavy atom. The number of phenolic OH excluding ortho intramolecular Hbond substituents is 1. The van der Waals surface area contributed by atoms with Crippen molar-refractivity contribution in [2.75, 3.05) is 18.4 Å². The van der Waals surface area contributed by atoms with E-state index < -0.39 is 0 Å². The number of imidazole rings is 1. The van der Waals surface area contributed by atoms with E-state index >= 15 is 0 Å². The van der Waals surface area contributed by atoms with Gasteiger partial charge in [0.05, 0.1) is 11.9 Å². The quantitative estimate of drug-likeness (QED) is 0.410. The van der Waals surface area contributed by atoms with E-state index in [2.05, 4.69) is 15.3 Å². The summed E-state index contributed by atoms with van der Waals surface area (Å²) in [6.07, 6.45) is 6.51. The van der Waals surface area contributed by atoms with Gasteiger partial charge in [-0.1, -0.05) is 0 Å². The number of likely N-dealkylation sites (tertiary alicyclic amines) is 1. The van der Waals surface area contributed by atoms with Crippen molar-refractivity contribution in [1.29, 1.82) is 0 Å². The normalized spacial score (nSPS) is 14.3. The molecule has 4 aromatic rings. The van der Waals surface area contributed by atoms with Crippen molar-refractivity contribution < 1.29 is 14.7 Å². The molecule has 1 saturated heterocycles. The summed E-state index contributed by atoms with van der Waals surface area (Å²) in [6, 6.07) is 12.5. The predicted molar refractivity (Wildman–Crippen MR) is 132 cm³/mol. The number of nitrogens with zero attached hydrogens (tertiary/aromatic N) is 4. The summed E-state index contributed by atoms with van der Waals surface area (Å²) >= 11 is 0. The first kappa shape index (κ1) is 22.4. The molecule has 0 aliphatic carbocycles. The topological polar surface area (TPSA) is 126 Å². The van der Waals surface area contributed by atoms with Crippen LogP contribution in [-0.4, -0.2) is 49.3 Å². The lowest BCUT2D eigenvalue weighted by Gasteiger charge is -2.31. The molecule has 0 saturated carbocycles. The number of rotatable bonds is 5. The fraction of sp³-hybridized carbons (Fsp3) is 0.231. The second-order valence-corrected chi connectivity index (χ2v) is 8.78. The monoisotopic (exact) mass is 470 g/mol. The number of carbonyl (C=O) groups is 2. The molecule has 0 radical (unpaired) electrons. The molecule has 3 heterocycles. The molecule has 2 aromatic heterocycles. The zero-order valence-electron chi connectivity index (χ0n) is 19.3. The largest absolute Gasteiger partial charge is 0.508 e. The Bertz CT molecular complexity index is 1400. The smallest absolute Gasteiger partial charge is 0.254 e. The van der Waals surface area contributed by atoms with Gasteiger partial charge in [-0.25, -0.2) is 9.97 Å². The first-order valence-corrected chi connectivity index (χ1v) is 11.5. The molecule has 0 spiro atoms. The van der Waals surface area contributed by atoms with E-state index in [-0.39, 0.29) is 23.5 Å². The van der Waals surface area contributed by atoms with Crippen molar-refractivity contribution in [1.82, 2.24) is 19.3 Å². The van der Waals surface area contributed by atoms with Crippen molar-refractivity contribution in [3.8, 4) is 17.0 Å². The number of anilines is 2. The van der Waals surface area contributed by atoms with Crippen LogP contribution in [-0.2, 0) is 4.79 Å². The molecule has 9 heteroatoms. The summed E-state index contributed by atoms with van der Waals surface area (Å²) in [5.41, 5.74) is 10.1. The molecule has 9 nitrogen and oxygen atoms in total. The summed E-state index contributed by atoms with van der Waals surface area (Å²) in [5.74, 6) is 0.312. The number of piperidine rings is 1. The molecule has 0 bridgehead atoms. The summed E-state index contributed by atoms with van der Waals surface area (Å²) in [4.78, 5) is 35.2. The van der Waals surface area contributed by atoms with Crippen LogP contribution < -0.4 is 11.1 Å². The predicted octanol–water partition coefficient (Wildman–Crippen LogP) is 3.49. The number of aromatic hydroxyl groups is 1. The summed E-state index contributed by atoms with van der Waals surface area (Å²) in [6.45, 7) is 2.96. The van der Waals surface area contributed by atoms with Crippen molar-refractivity contribution in [2.45, 2.75) is 19.8 Å². The van der Waals surface area contributed by atoms with E-state index in [9.17, 15) is 14.7 Å². The van der Waals surface area contributed by atoms with Gasteiger partial charge in [0.15, 0.2) is 11.5 Å². The Kier molecular flexibility index (Phi) is 5.82. The molecule has 1 aliphatic rings. The van der Waals surface area contributed by atoms with E-state index in [0.29, 0.717) is 43.0 Å².